The molecule has 10 nitrogen and oxygen atoms in total. The van der Waals surface area contributed by atoms with E-state index in [2.05, 4.69) is 13.2 Å². The molecule has 44 heavy (non-hydrogen) atoms. The summed E-state index contributed by atoms with van der Waals surface area (Å²) < 4.78 is 20.2. The van der Waals surface area contributed by atoms with Gasteiger partial charge in [-0.15, -0.1) is 0 Å². The lowest BCUT2D eigenvalue weighted by molar-refractivity contribution is -0.156. The average Bonchev–Trinajstić information content (AvgIpc) is 2.99. The highest BCUT2D eigenvalue weighted by Gasteiger charge is 2.20. The van der Waals surface area contributed by atoms with Gasteiger partial charge in [-0.1, -0.05) is 90.2 Å². The molecule has 0 aliphatic rings. The zero-order valence-electron chi connectivity index (χ0n) is 27.3. The summed E-state index contributed by atoms with van der Waals surface area (Å²) in [6, 6.07) is 0. The molecule has 0 aromatic carbocycles. The van der Waals surface area contributed by atoms with Crippen molar-refractivity contribution in [1.29, 1.82) is 0 Å². The molecule has 0 radical (unpaired) electrons. The highest BCUT2D eigenvalue weighted by molar-refractivity contribution is 5.87. The van der Waals surface area contributed by atoms with Crippen LogP contribution in [0.15, 0.2) is 24.3 Å². The maximum Gasteiger partial charge on any atom is 0.333 e. The number of aliphatic hydroxyl groups excluding tert-OH is 2. The van der Waals surface area contributed by atoms with E-state index in [1.807, 2.05) is 0 Å². The van der Waals surface area contributed by atoms with Crippen molar-refractivity contribution >= 4 is 23.9 Å². The Labute approximate surface area is 264 Å². The Hall–Kier alpha value is -2.72. The van der Waals surface area contributed by atoms with Gasteiger partial charge in [0.2, 0.25) is 0 Å². The third-order valence-corrected chi connectivity index (χ3v) is 6.99. The molecule has 2 unspecified atom stereocenters. The molecule has 2 atom stereocenters. The fraction of sp³-hybridized carbons (Fsp3) is 0.765. The first-order valence-electron chi connectivity index (χ1n) is 16.4. The zero-order valence-corrected chi connectivity index (χ0v) is 27.3. The molecule has 0 rings (SSSR count). The minimum absolute atomic E-state index is 0.249. The van der Waals surface area contributed by atoms with Crippen molar-refractivity contribution in [3.8, 4) is 0 Å². The van der Waals surface area contributed by atoms with Gasteiger partial charge in [0.15, 0.2) is 0 Å². The molecule has 0 aliphatic heterocycles. The number of carbonyl (C=O) groups excluding carboxylic acids is 4. The second-order valence-electron chi connectivity index (χ2n) is 11.5. The van der Waals surface area contributed by atoms with Gasteiger partial charge in [-0.05, 0) is 39.5 Å². The third kappa shape index (κ3) is 25.7. The monoisotopic (exact) mass is 626 g/mol. The molecule has 0 saturated carbocycles. The van der Waals surface area contributed by atoms with Crippen LogP contribution in [-0.4, -0.2) is 72.7 Å². The molecule has 10 heteroatoms. The second kappa shape index (κ2) is 27.8. The molecular weight excluding hydrogens is 568 g/mol. The van der Waals surface area contributed by atoms with Crippen molar-refractivity contribution < 1.29 is 48.3 Å². The van der Waals surface area contributed by atoms with Gasteiger partial charge in [0.25, 0.3) is 0 Å². The van der Waals surface area contributed by atoms with Gasteiger partial charge in [-0.25, -0.2) is 9.59 Å². The topological polar surface area (TPSA) is 146 Å². The van der Waals surface area contributed by atoms with Crippen LogP contribution in [0.1, 0.15) is 129 Å². The van der Waals surface area contributed by atoms with E-state index in [0.29, 0.717) is 37.2 Å². The maximum absolute atomic E-state index is 11.9. The van der Waals surface area contributed by atoms with Gasteiger partial charge in [0.05, 0.1) is 13.2 Å². The van der Waals surface area contributed by atoms with Crippen LogP contribution >= 0.6 is 0 Å². The molecule has 0 aromatic rings. The van der Waals surface area contributed by atoms with E-state index in [1.54, 1.807) is 13.8 Å². The molecule has 0 fully saturated rings. The smallest absolute Gasteiger partial charge is 0.333 e. The van der Waals surface area contributed by atoms with Crippen LogP contribution in [0.25, 0.3) is 0 Å². The molecule has 0 bridgehead atoms. The van der Waals surface area contributed by atoms with E-state index in [9.17, 15) is 29.4 Å². The Balaban J connectivity index is 3.59. The van der Waals surface area contributed by atoms with Gasteiger partial charge in [-0.3, -0.25) is 9.59 Å². The van der Waals surface area contributed by atoms with Crippen molar-refractivity contribution in [2.45, 2.75) is 142 Å². The minimum Gasteiger partial charge on any atom is -0.463 e. The Morgan fingerprint density at radius 1 is 0.477 bits per heavy atom. The summed E-state index contributed by atoms with van der Waals surface area (Å²) in [7, 11) is 0. The third-order valence-electron chi connectivity index (χ3n) is 6.99. The highest BCUT2D eigenvalue weighted by atomic mass is 16.6. The maximum atomic E-state index is 11.9. The first kappa shape index (κ1) is 41.3. The van der Waals surface area contributed by atoms with E-state index in [1.165, 1.54) is 0 Å². The number of unbranched alkanes of at least 4 members (excludes halogenated alkanes) is 14. The van der Waals surface area contributed by atoms with Crippen molar-refractivity contribution in [3.63, 3.8) is 0 Å². The fourth-order valence-electron chi connectivity index (χ4n) is 4.16. The predicted octanol–water partition coefficient (Wildman–Crippen LogP) is 6.06. The summed E-state index contributed by atoms with van der Waals surface area (Å²) in [6.45, 7) is 10.5. The first-order chi connectivity index (χ1) is 21.0. The van der Waals surface area contributed by atoms with Gasteiger partial charge in [-0.2, -0.15) is 0 Å². The SMILES string of the molecule is C=C(C)C(=O)OCCCCCCCCCCC(=O)OCC(O)C(O)COC(=O)CCCCCCCCCCOC(=O)C(=C)C. The Morgan fingerprint density at radius 2 is 0.750 bits per heavy atom. The summed E-state index contributed by atoms with van der Waals surface area (Å²) in [5.41, 5.74) is 0.828. The number of rotatable bonds is 29. The van der Waals surface area contributed by atoms with Gasteiger partial charge in [0, 0.05) is 24.0 Å². The van der Waals surface area contributed by atoms with Crippen LogP contribution in [-0.2, 0) is 38.1 Å². The van der Waals surface area contributed by atoms with E-state index in [0.717, 1.165) is 89.9 Å². The van der Waals surface area contributed by atoms with Crippen LogP contribution in [0.5, 0.6) is 0 Å². The van der Waals surface area contributed by atoms with Gasteiger partial charge in [0.1, 0.15) is 25.4 Å². The molecule has 254 valence electrons. The normalized spacial score (nSPS) is 12.2. The quantitative estimate of drug-likeness (QED) is 0.0435. The largest absolute Gasteiger partial charge is 0.463 e. The Kier molecular flexibility index (Phi) is 26.1. The molecule has 2 N–H and O–H groups in total. The van der Waals surface area contributed by atoms with E-state index < -0.39 is 24.1 Å². The molecule has 0 amide bonds. The van der Waals surface area contributed by atoms with Crippen molar-refractivity contribution in [2.75, 3.05) is 26.4 Å². The first-order valence-corrected chi connectivity index (χ1v) is 16.4. The van der Waals surface area contributed by atoms with Crippen molar-refractivity contribution in [3.05, 3.63) is 24.3 Å². The van der Waals surface area contributed by atoms with Crippen LogP contribution in [0.2, 0.25) is 0 Å². The number of esters is 4. The van der Waals surface area contributed by atoms with Crippen LogP contribution in [0.3, 0.4) is 0 Å². The summed E-state index contributed by atoms with van der Waals surface area (Å²) in [4.78, 5) is 46.4. The molecule has 0 heterocycles. The van der Waals surface area contributed by atoms with Crippen LogP contribution in [0, 0.1) is 0 Å². The van der Waals surface area contributed by atoms with E-state index in [4.69, 9.17) is 18.9 Å². The zero-order chi connectivity index (χ0) is 33.0. The van der Waals surface area contributed by atoms with Crippen molar-refractivity contribution in [2.24, 2.45) is 0 Å². The lowest BCUT2D eigenvalue weighted by Crippen LogP contribution is -2.35. The summed E-state index contributed by atoms with van der Waals surface area (Å²) in [6.07, 6.45) is 13.3. The van der Waals surface area contributed by atoms with E-state index in [-0.39, 0.29) is 38.0 Å². The molecular formula is C34H58O10. The number of ether oxygens (including phenoxy) is 4. The molecule has 0 saturated heterocycles. The Morgan fingerprint density at radius 3 is 1.05 bits per heavy atom. The standard InChI is InChI=1S/C34H58O10/c1-27(2)33(39)41-23-19-15-11-7-5-9-13-17-21-31(37)43-25-29(35)30(36)26-44-32(38)22-18-14-10-6-8-12-16-20-24-42-34(40)28(3)4/h29-30,35-36H,1,3,5-26H2,2,4H3. The molecule has 0 aliphatic carbocycles. The summed E-state index contributed by atoms with van der Waals surface area (Å²) >= 11 is 0. The lowest BCUT2D eigenvalue weighted by Gasteiger charge is -2.17. The lowest BCUT2D eigenvalue weighted by atomic mass is 10.1. The number of hydrogen-bond donors (Lipinski definition) is 2. The van der Waals surface area contributed by atoms with Gasteiger partial charge < -0.3 is 29.2 Å². The highest BCUT2D eigenvalue weighted by Crippen LogP contribution is 2.12. The van der Waals surface area contributed by atoms with Crippen LogP contribution < -0.4 is 0 Å². The van der Waals surface area contributed by atoms with Crippen molar-refractivity contribution in [1.82, 2.24) is 0 Å². The fourth-order valence-corrected chi connectivity index (χ4v) is 4.16. The molecule has 0 aromatic heterocycles. The minimum atomic E-state index is -1.32. The molecule has 0 spiro atoms. The van der Waals surface area contributed by atoms with Gasteiger partial charge >= 0.3 is 23.9 Å². The van der Waals surface area contributed by atoms with E-state index >= 15 is 0 Å². The number of hydrogen-bond acceptors (Lipinski definition) is 10. The predicted molar refractivity (Wildman–Crippen MR) is 169 cm³/mol. The van der Waals surface area contributed by atoms with Crippen LogP contribution in [0.4, 0.5) is 0 Å². The Bertz CT molecular complexity index is 770. The number of carbonyl (C=O) groups is 4. The summed E-state index contributed by atoms with van der Waals surface area (Å²) in [5, 5.41) is 20.0. The summed E-state index contributed by atoms with van der Waals surface area (Å²) in [5.74, 6) is -1.54. The second-order valence-corrected chi connectivity index (χ2v) is 11.5. The average molecular weight is 627 g/mol. The number of aliphatic hydroxyl groups is 2.